The maximum Gasteiger partial charge on any atom is 0.275 e. The number of hydrogen-bond donors (Lipinski definition) is 2. The monoisotopic (exact) mass is 748 g/mol. The van der Waals surface area contributed by atoms with Crippen molar-refractivity contribution in [3.05, 3.63) is 143 Å². The van der Waals surface area contributed by atoms with E-state index in [1.165, 1.54) is 37.1 Å². The van der Waals surface area contributed by atoms with E-state index in [9.17, 15) is 9.59 Å². The van der Waals surface area contributed by atoms with E-state index >= 15 is 0 Å². The second kappa shape index (κ2) is 17.2. The molecule has 0 aliphatic rings. The van der Waals surface area contributed by atoms with Crippen molar-refractivity contribution in [2.45, 2.75) is 39.3 Å². The van der Waals surface area contributed by atoms with Gasteiger partial charge in [0.1, 0.15) is 5.69 Å². The number of ether oxygens (including phenoxy) is 2. The Hall–Kier alpha value is -6.66. The lowest BCUT2D eigenvalue weighted by atomic mass is 10.1. The molecular weight excluding hydrogens is 705 g/mol. The second-order valence-corrected chi connectivity index (χ2v) is 13.7. The van der Waals surface area contributed by atoms with Gasteiger partial charge in [0.15, 0.2) is 11.5 Å². The van der Waals surface area contributed by atoms with Gasteiger partial charge >= 0.3 is 0 Å². The van der Waals surface area contributed by atoms with Gasteiger partial charge in [0.2, 0.25) is 0 Å². The van der Waals surface area contributed by atoms with E-state index in [1.54, 1.807) is 18.2 Å². The predicted molar refractivity (Wildman–Crippen MR) is 218 cm³/mol. The van der Waals surface area contributed by atoms with Crippen molar-refractivity contribution in [2.75, 3.05) is 31.4 Å². The molecule has 0 fully saturated rings. The summed E-state index contributed by atoms with van der Waals surface area (Å²) < 4.78 is 12.9. The molecular formula is C44H44N8O4. The number of nitrogens with one attached hydrogen (secondary N) is 2. The lowest BCUT2D eigenvalue weighted by molar-refractivity contribution is 0.102. The Bertz CT molecular complexity index is 2500. The molecule has 0 bridgehead atoms. The molecule has 0 spiro atoms. The first-order valence-corrected chi connectivity index (χ1v) is 18.6. The van der Waals surface area contributed by atoms with Gasteiger partial charge in [-0.2, -0.15) is 5.10 Å². The number of hydrogen-bond acceptors (Lipinski definition) is 9. The molecule has 7 rings (SSSR count). The Balaban J connectivity index is 1.05. The molecule has 4 aromatic carbocycles. The van der Waals surface area contributed by atoms with Crippen LogP contribution in [0.5, 0.6) is 11.5 Å². The van der Waals surface area contributed by atoms with Crippen LogP contribution >= 0.6 is 0 Å². The Kier molecular flexibility index (Phi) is 11.6. The maximum atomic E-state index is 13.8. The van der Waals surface area contributed by atoms with Gasteiger partial charge in [0.25, 0.3) is 11.8 Å². The van der Waals surface area contributed by atoms with Crippen molar-refractivity contribution in [3.63, 3.8) is 0 Å². The quantitative estimate of drug-likeness (QED) is 0.108. The van der Waals surface area contributed by atoms with Gasteiger partial charge in [-0.05, 0) is 77.6 Å². The molecule has 0 radical (unpaired) electrons. The number of fused-ring (bicyclic) bond motifs is 2. The highest BCUT2D eigenvalue weighted by Gasteiger charge is 2.21. The summed E-state index contributed by atoms with van der Waals surface area (Å²) in [5.41, 5.74) is 8.27. The Morgan fingerprint density at radius 1 is 0.732 bits per heavy atom. The minimum atomic E-state index is -0.523. The highest BCUT2D eigenvalue weighted by Crippen LogP contribution is 2.34. The summed E-state index contributed by atoms with van der Waals surface area (Å²) in [6, 6.07) is 27.0. The average molecular weight is 749 g/mol. The first kappa shape index (κ1) is 37.6. The second-order valence-electron chi connectivity index (χ2n) is 13.7. The van der Waals surface area contributed by atoms with Gasteiger partial charge in [-0.15, -0.1) is 0 Å². The number of carbonyl (C=O) groups is 2. The van der Waals surface area contributed by atoms with E-state index in [1.807, 2.05) is 72.8 Å². The summed E-state index contributed by atoms with van der Waals surface area (Å²) in [6.45, 7) is 4.53. The molecule has 12 heteroatoms. The third-order valence-corrected chi connectivity index (χ3v) is 9.64. The van der Waals surface area contributed by atoms with Crippen LogP contribution in [0.1, 0.15) is 56.4 Å². The van der Waals surface area contributed by atoms with Crippen molar-refractivity contribution < 1.29 is 19.1 Å². The summed E-state index contributed by atoms with van der Waals surface area (Å²) in [5, 5.41) is 11.3. The number of aryl methyl sites for hydroxylation is 2. The van der Waals surface area contributed by atoms with Crippen molar-refractivity contribution >= 4 is 45.1 Å². The lowest BCUT2D eigenvalue weighted by Crippen LogP contribution is -2.25. The smallest absolute Gasteiger partial charge is 0.275 e. The maximum absolute atomic E-state index is 13.8. The van der Waals surface area contributed by atoms with Crippen LogP contribution in [-0.2, 0) is 33.0 Å². The van der Waals surface area contributed by atoms with Crippen LogP contribution < -0.4 is 20.1 Å². The number of rotatable bonds is 15. The fourth-order valence-electron chi connectivity index (χ4n) is 6.76. The lowest BCUT2D eigenvalue weighted by Gasteiger charge is -2.23. The average Bonchev–Trinajstić information content (AvgIpc) is 3.59. The standard InChI is InChI=1S/C44H44N8O4/c1-5-8-30-19-32(24-45-23-30)28-52(27-31-13-16-40-33(20-31)25-47-51(40)2)18-17-29-11-14-34(15-12-29)48-43(53)35-21-41(55-3)42(56-4)22-38(35)50-44(54)39-26-46-36-9-6-7-10-37(36)49-39/h6-7,9-16,19-26H,5,8,17-18,27-28H2,1-4H3,(H,48,53)(H,50,54). The molecule has 0 aliphatic heterocycles. The molecule has 0 unspecified atom stereocenters. The topological polar surface area (TPSA) is 136 Å². The van der Waals surface area contributed by atoms with E-state index in [2.05, 4.69) is 66.8 Å². The first-order valence-electron chi connectivity index (χ1n) is 18.6. The van der Waals surface area contributed by atoms with E-state index in [0.717, 1.165) is 55.4 Å². The van der Waals surface area contributed by atoms with Crippen LogP contribution in [0.4, 0.5) is 11.4 Å². The largest absolute Gasteiger partial charge is 0.493 e. The van der Waals surface area contributed by atoms with Crippen molar-refractivity contribution in [2.24, 2.45) is 7.05 Å². The zero-order valence-corrected chi connectivity index (χ0v) is 32.0. The summed E-state index contributed by atoms with van der Waals surface area (Å²) in [7, 11) is 4.93. The number of benzene rings is 4. The van der Waals surface area contributed by atoms with Crippen molar-refractivity contribution in [1.29, 1.82) is 0 Å². The van der Waals surface area contributed by atoms with E-state index in [-0.39, 0.29) is 16.9 Å². The number of aromatic nitrogens is 5. The van der Waals surface area contributed by atoms with Crippen molar-refractivity contribution in [3.8, 4) is 11.5 Å². The Morgan fingerprint density at radius 2 is 1.46 bits per heavy atom. The summed E-state index contributed by atoms with van der Waals surface area (Å²) >= 11 is 0. The van der Waals surface area contributed by atoms with E-state index in [4.69, 9.17) is 9.47 Å². The highest BCUT2D eigenvalue weighted by atomic mass is 16.5. The zero-order chi connectivity index (χ0) is 39.0. The molecule has 3 heterocycles. The SMILES string of the molecule is CCCc1cncc(CN(CCc2ccc(NC(=O)c3cc(OC)c(OC)cc3NC(=O)c3cnc4ccccc4n3)cc2)Cc2ccc3c(cnn3C)c2)c1. The Morgan fingerprint density at radius 3 is 2.25 bits per heavy atom. The normalized spacial score (nSPS) is 11.2. The molecule has 7 aromatic rings. The van der Waals surface area contributed by atoms with E-state index in [0.29, 0.717) is 28.2 Å². The zero-order valence-electron chi connectivity index (χ0n) is 32.0. The predicted octanol–water partition coefficient (Wildman–Crippen LogP) is 7.63. The third kappa shape index (κ3) is 8.82. The van der Waals surface area contributed by atoms with Crippen LogP contribution in [-0.4, -0.2) is 62.2 Å². The molecule has 56 heavy (non-hydrogen) atoms. The number of anilines is 2. The number of para-hydroxylation sites is 2. The third-order valence-electron chi connectivity index (χ3n) is 9.64. The number of carbonyl (C=O) groups excluding carboxylic acids is 2. The molecule has 12 nitrogen and oxygen atoms in total. The van der Waals surface area contributed by atoms with Gasteiger partial charge in [0.05, 0.1) is 54.4 Å². The summed E-state index contributed by atoms with van der Waals surface area (Å²) in [4.78, 5) is 42.9. The number of methoxy groups -OCH3 is 2. The van der Waals surface area contributed by atoms with Gasteiger partial charge in [-0.3, -0.25) is 29.1 Å². The molecule has 2 amide bonds. The minimum absolute atomic E-state index is 0.107. The Labute approximate surface area is 325 Å². The van der Waals surface area contributed by atoms with Gasteiger partial charge in [-0.25, -0.2) is 4.98 Å². The fraction of sp³-hybridized carbons (Fsp3) is 0.227. The molecule has 3 aromatic heterocycles. The molecule has 0 aliphatic carbocycles. The van der Waals surface area contributed by atoms with Gasteiger partial charge in [-0.1, -0.05) is 49.7 Å². The first-order chi connectivity index (χ1) is 27.3. The van der Waals surface area contributed by atoms with Gasteiger partial charge in [0, 0.05) is 56.2 Å². The molecule has 0 saturated heterocycles. The summed E-state index contributed by atoms with van der Waals surface area (Å²) in [6.07, 6.45) is 10.1. The van der Waals surface area contributed by atoms with E-state index < -0.39 is 11.8 Å². The van der Waals surface area contributed by atoms with Crippen LogP contribution in [0.15, 0.2) is 110 Å². The molecule has 0 saturated carbocycles. The number of amides is 2. The number of nitrogens with zero attached hydrogens (tertiary/aromatic N) is 6. The van der Waals surface area contributed by atoms with Crippen molar-refractivity contribution in [1.82, 2.24) is 29.6 Å². The molecule has 284 valence electrons. The van der Waals surface area contributed by atoms with Crippen LogP contribution in [0.2, 0.25) is 0 Å². The summed E-state index contributed by atoms with van der Waals surface area (Å²) in [5.74, 6) is -0.265. The van der Waals surface area contributed by atoms with Crippen LogP contribution in [0, 0.1) is 0 Å². The molecule has 2 N–H and O–H groups in total. The minimum Gasteiger partial charge on any atom is -0.493 e. The highest BCUT2D eigenvalue weighted by molar-refractivity contribution is 6.12. The number of pyridine rings is 1. The molecule has 0 atom stereocenters. The van der Waals surface area contributed by atoms with Gasteiger partial charge < -0.3 is 20.1 Å². The van der Waals surface area contributed by atoms with Crippen LogP contribution in [0.25, 0.3) is 21.9 Å². The van der Waals surface area contributed by atoms with Crippen LogP contribution in [0.3, 0.4) is 0 Å². The fourth-order valence-corrected chi connectivity index (χ4v) is 6.76.